The van der Waals surface area contributed by atoms with Gasteiger partial charge in [0.25, 0.3) is 0 Å². The molecule has 0 amide bonds. The Morgan fingerprint density at radius 2 is 1.27 bits per heavy atom. The second-order valence-corrected chi connectivity index (χ2v) is 8.13. The average molecular weight is 571 g/mol. The van der Waals surface area contributed by atoms with Gasteiger partial charge >= 0.3 is 22.5 Å². The van der Waals surface area contributed by atoms with Crippen LogP contribution in [0.5, 0.6) is 0 Å². The SMILES string of the molecule is CCCc1ccc(Cl)nc1C=O.CCCc1cccnc1C=O.CCCc1cccnc1CO.[O]=[Mn]=[O]. The number of hydrogen-bond acceptors (Lipinski definition) is 8. The Bertz CT molecular complexity index is 1110. The summed E-state index contributed by atoms with van der Waals surface area (Å²) in [5.41, 5.74) is 5.03. The summed E-state index contributed by atoms with van der Waals surface area (Å²) in [6.07, 6.45) is 10.9. The Morgan fingerprint density at radius 3 is 1.78 bits per heavy atom. The van der Waals surface area contributed by atoms with E-state index in [1.54, 1.807) is 18.5 Å². The standard InChI is InChI=1S/C9H10ClNO.C9H13NO.C9H11NO.Mn.2O/c1-2-3-7-4-5-9(10)11-8(7)6-12;2*1-2-4-8-5-3-6-10-9(8)7-11;;;/h4-6H,2-3H2,1H3;3,5-6,11H,2,4,7H2,1H3;3,5-7H,2,4H2,1H3;;;. The molecule has 3 aromatic heterocycles. The van der Waals surface area contributed by atoms with Gasteiger partial charge in [-0.2, -0.15) is 0 Å². The molecule has 3 aromatic rings. The molecule has 0 atom stereocenters. The molecule has 0 bridgehead atoms. The van der Waals surface area contributed by atoms with Crippen molar-refractivity contribution in [2.75, 3.05) is 0 Å². The number of rotatable bonds is 9. The fourth-order valence-electron chi connectivity index (χ4n) is 3.21. The number of halogens is 1. The van der Waals surface area contributed by atoms with Gasteiger partial charge in [0, 0.05) is 12.4 Å². The normalized spacial score (nSPS) is 9.32. The number of aldehydes is 2. The Balaban J connectivity index is 0.000000499. The summed E-state index contributed by atoms with van der Waals surface area (Å²) >= 11 is 4.19. The molecule has 0 unspecified atom stereocenters. The van der Waals surface area contributed by atoms with Crippen molar-refractivity contribution in [2.24, 2.45) is 0 Å². The molecular formula is C27H34ClMnN3O5. The minimum absolute atomic E-state index is 0.0518. The number of aryl methyl sites for hydroxylation is 3. The fourth-order valence-corrected chi connectivity index (χ4v) is 3.36. The summed E-state index contributed by atoms with van der Waals surface area (Å²) in [6.45, 7) is 6.31. The molecule has 0 aliphatic heterocycles. The molecule has 3 heterocycles. The average Bonchev–Trinajstić information content (AvgIpc) is 2.92. The topological polar surface area (TPSA) is 127 Å². The van der Waals surface area contributed by atoms with Crippen molar-refractivity contribution in [3.63, 3.8) is 0 Å². The van der Waals surface area contributed by atoms with Crippen LogP contribution in [0.2, 0.25) is 5.15 Å². The van der Waals surface area contributed by atoms with Crippen LogP contribution in [0.25, 0.3) is 0 Å². The van der Waals surface area contributed by atoms with Crippen molar-refractivity contribution < 1.29 is 37.2 Å². The van der Waals surface area contributed by atoms with Crippen molar-refractivity contribution in [1.29, 1.82) is 0 Å². The van der Waals surface area contributed by atoms with Gasteiger partial charge in [0.2, 0.25) is 0 Å². The summed E-state index contributed by atoms with van der Waals surface area (Å²) in [7, 11) is 0. The third kappa shape index (κ3) is 14.5. The van der Waals surface area contributed by atoms with Gasteiger partial charge in [0.1, 0.15) is 16.5 Å². The molecular weight excluding hydrogens is 537 g/mol. The van der Waals surface area contributed by atoms with Crippen LogP contribution in [-0.4, -0.2) is 32.6 Å². The first-order chi connectivity index (χ1) is 17.9. The first-order valence-corrected chi connectivity index (χ1v) is 13.2. The summed E-state index contributed by atoms with van der Waals surface area (Å²) in [5, 5.41) is 9.25. The Morgan fingerprint density at radius 1 is 0.784 bits per heavy atom. The van der Waals surface area contributed by atoms with E-state index in [2.05, 4.69) is 35.7 Å². The zero-order valence-corrected chi connectivity index (χ0v) is 23.3. The first kappa shape index (κ1) is 34.2. The predicted octanol–water partition coefficient (Wildman–Crippen LogP) is 5.63. The zero-order valence-electron chi connectivity index (χ0n) is 21.4. The molecule has 8 nitrogen and oxygen atoms in total. The molecule has 0 radical (unpaired) electrons. The van der Waals surface area contributed by atoms with Gasteiger partial charge in [0.15, 0.2) is 12.6 Å². The predicted molar refractivity (Wildman–Crippen MR) is 138 cm³/mol. The molecule has 201 valence electrons. The number of hydrogen-bond donors (Lipinski definition) is 1. The van der Waals surface area contributed by atoms with Gasteiger partial charge in [-0.05, 0) is 54.2 Å². The maximum atomic E-state index is 10.5. The molecule has 1 N–H and O–H groups in total. The molecule has 0 saturated carbocycles. The van der Waals surface area contributed by atoms with Gasteiger partial charge in [-0.25, -0.2) is 4.98 Å². The molecule has 0 fully saturated rings. The van der Waals surface area contributed by atoms with E-state index in [1.807, 2.05) is 30.3 Å². The van der Waals surface area contributed by atoms with Crippen LogP contribution in [0.4, 0.5) is 0 Å². The molecule has 0 aliphatic carbocycles. The number of aliphatic hydroxyl groups is 1. The van der Waals surface area contributed by atoms with Crippen molar-refractivity contribution in [1.82, 2.24) is 15.0 Å². The second-order valence-electron chi connectivity index (χ2n) is 7.54. The molecule has 0 aliphatic rings. The van der Waals surface area contributed by atoms with Crippen LogP contribution in [0.1, 0.15) is 83.4 Å². The Hall–Kier alpha value is -2.84. The fraction of sp³-hybridized carbons (Fsp3) is 0.370. The molecule has 0 saturated heterocycles. The zero-order chi connectivity index (χ0) is 27.9. The first-order valence-electron chi connectivity index (χ1n) is 11.9. The van der Waals surface area contributed by atoms with Gasteiger partial charge in [-0.3, -0.25) is 19.6 Å². The molecule has 0 aromatic carbocycles. The van der Waals surface area contributed by atoms with Gasteiger partial charge < -0.3 is 5.11 Å². The number of carbonyl (C=O) groups is 2. The second kappa shape index (κ2) is 22.4. The van der Waals surface area contributed by atoms with Crippen LogP contribution in [-0.2, 0) is 48.4 Å². The Labute approximate surface area is 229 Å². The van der Waals surface area contributed by atoms with Crippen molar-refractivity contribution >= 4 is 24.2 Å². The van der Waals surface area contributed by atoms with Crippen molar-refractivity contribution in [3.05, 3.63) is 87.7 Å². The monoisotopic (exact) mass is 570 g/mol. The van der Waals surface area contributed by atoms with Crippen LogP contribution in [0.15, 0.2) is 48.8 Å². The third-order valence-electron chi connectivity index (χ3n) is 4.82. The van der Waals surface area contributed by atoms with E-state index in [1.165, 1.54) is 0 Å². The van der Waals surface area contributed by atoms with E-state index in [0.717, 1.165) is 73.5 Å². The van der Waals surface area contributed by atoms with E-state index < -0.39 is 14.8 Å². The molecule has 37 heavy (non-hydrogen) atoms. The summed E-state index contributed by atoms with van der Waals surface area (Å²) < 4.78 is 16.8. The van der Waals surface area contributed by atoms with Crippen molar-refractivity contribution in [3.8, 4) is 0 Å². The van der Waals surface area contributed by atoms with Crippen LogP contribution in [0, 0.1) is 0 Å². The van der Waals surface area contributed by atoms with E-state index in [0.29, 0.717) is 16.5 Å². The van der Waals surface area contributed by atoms with E-state index in [9.17, 15) is 9.59 Å². The van der Waals surface area contributed by atoms with E-state index in [4.69, 9.17) is 24.4 Å². The van der Waals surface area contributed by atoms with E-state index >= 15 is 0 Å². The third-order valence-corrected chi connectivity index (χ3v) is 5.03. The summed E-state index contributed by atoms with van der Waals surface area (Å²) in [5.74, 6) is 0. The van der Waals surface area contributed by atoms with Gasteiger partial charge in [-0.15, -0.1) is 0 Å². The van der Waals surface area contributed by atoms with Crippen LogP contribution < -0.4 is 0 Å². The molecule has 3 rings (SSSR count). The van der Waals surface area contributed by atoms with Gasteiger partial charge in [0.05, 0.1) is 12.3 Å². The Kier molecular flexibility index (Phi) is 20.6. The van der Waals surface area contributed by atoms with Crippen molar-refractivity contribution in [2.45, 2.75) is 65.9 Å². The number of aliphatic hydroxyl groups excluding tert-OH is 1. The maximum absolute atomic E-state index is 10.5. The summed E-state index contributed by atoms with van der Waals surface area (Å²) in [4.78, 5) is 32.9. The van der Waals surface area contributed by atoms with Crippen LogP contribution >= 0.6 is 11.6 Å². The molecule has 10 heteroatoms. The number of pyridine rings is 3. The van der Waals surface area contributed by atoms with Gasteiger partial charge in [-0.1, -0.05) is 69.8 Å². The minimum atomic E-state index is -1.44. The molecule has 0 spiro atoms. The number of aromatic nitrogens is 3. The van der Waals surface area contributed by atoms with Crippen LogP contribution in [0.3, 0.4) is 0 Å². The number of carbonyl (C=O) groups excluding carboxylic acids is 2. The number of nitrogens with zero attached hydrogens (tertiary/aromatic N) is 3. The quantitative estimate of drug-likeness (QED) is 0.199. The summed E-state index contributed by atoms with van der Waals surface area (Å²) in [6, 6.07) is 11.3. The van der Waals surface area contributed by atoms with E-state index in [-0.39, 0.29) is 6.61 Å².